The van der Waals surface area contributed by atoms with Gasteiger partial charge in [0.1, 0.15) is 27.3 Å². The molecule has 8 nitrogen and oxygen atoms in total. The number of thiocarbonyl (C=S) groups is 1. The molecule has 1 N–H and O–H groups in total. The molecule has 10 heteroatoms. The van der Waals surface area contributed by atoms with Gasteiger partial charge < -0.3 is 14.2 Å². The van der Waals surface area contributed by atoms with Gasteiger partial charge in [-0.25, -0.2) is 4.98 Å². The van der Waals surface area contributed by atoms with Gasteiger partial charge in [0.25, 0.3) is 11.5 Å². The van der Waals surface area contributed by atoms with E-state index in [1.165, 1.54) is 9.30 Å². The molecule has 0 radical (unpaired) electrons. The second-order valence-electron chi connectivity index (χ2n) is 7.34. The standard InChI is InChI=1S/C23H18N4O4S2/c1-14-5-2-8-26-20(14)25-19(24-12-15-6-3-9-30-15)17(21(26)28)11-18-22(29)27(23(32)33-18)13-16-7-4-10-31-16/h2-11,24H,12-13H2,1H3/b18-11+. The highest BCUT2D eigenvalue weighted by Crippen LogP contribution is 2.34. The molecule has 0 aromatic carbocycles. The topological polar surface area (TPSA) is 93.0 Å². The number of furan rings is 2. The molecule has 1 aliphatic rings. The number of nitrogens with one attached hydrogen (secondary N) is 1. The lowest BCUT2D eigenvalue weighted by molar-refractivity contribution is -0.122. The van der Waals surface area contributed by atoms with Crippen molar-refractivity contribution in [2.45, 2.75) is 20.0 Å². The van der Waals surface area contributed by atoms with Crippen LogP contribution < -0.4 is 10.9 Å². The molecule has 0 atom stereocenters. The van der Waals surface area contributed by atoms with Crippen molar-refractivity contribution in [3.63, 3.8) is 0 Å². The minimum absolute atomic E-state index is 0.229. The van der Waals surface area contributed by atoms with Crippen molar-refractivity contribution in [1.82, 2.24) is 14.3 Å². The smallest absolute Gasteiger partial charge is 0.267 e. The maximum absolute atomic E-state index is 13.4. The Morgan fingerprint density at radius 3 is 2.61 bits per heavy atom. The van der Waals surface area contributed by atoms with Gasteiger partial charge in [-0.1, -0.05) is 30.0 Å². The van der Waals surface area contributed by atoms with Gasteiger partial charge >= 0.3 is 0 Å². The van der Waals surface area contributed by atoms with Gasteiger partial charge in [-0.3, -0.25) is 18.9 Å². The van der Waals surface area contributed by atoms with E-state index in [1.54, 1.807) is 49.1 Å². The minimum atomic E-state index is -0.290. The highest BCUT2D eigenvalue weighted by molar-refractivity contribution is 8.26. The molecule has 5 rings (SSSR count). The Labute approximate surface area is 197 Å². The zero-order valence-electron chi connectivity index (χ0n) is 17.5. The number of nitrogens with zero attached hydrogens (tertiary/aromatic N) is 3. The third kappa shape index (κ3) is 4.10. The van der Waals surface area contributed by atoms with Crippen LogP contribution in [-0.4, -0.2) is 24.5 Å². The van der Waals surface area contributed by atoms with Crippen LogP contribution >= 0.6 is 24.0 Å². The summed E-state index contributed by atoms with van der Waals surface area (Å²) in [6, 6.07) is 10.8. The van der Waals surface area contributed by atoms with Crippen LogP contribution in [0.25, 0.3) is 11.7 Å². The van der Waals surface area contributed by atoms with Crippen molar-refractivity contribution in [1.29, 1.82) is 0 Å². The van der Waals surface area contributed by atoms with Gasteiger partial charge in [0.15, 0.2) is 0 Å². The predicted molar refractivity (Wildman–Crippen MR) is 130 cm³/mol. The zero-order chi connectivity index (χ0) is 22.9. The summed E-state index contributed by atoms with van der Waals surface area (Å²) >= 11 is 6.55. The molecule has 1 aliphatic heterocycles. The second-order valence-corrected chi connectivity index (χ2v) is 9.02. The number of fused-ring (bicyclic) bond motifs is 1. The number of aromatic nitrogens is 2. The molecule has 5 heterocycles. The number of pyridine rings is 1. The molecule has 1 amide bonds. The van der Waals surface area contributed by atoms with E-state index in [0.29, 0.717) is 38.8 Å². The fourth-order valence-electron chi connectivity index (χ4n) is 3.49. The average molecular weight is 479 g/mol. The minimum Gasteiger partial charge on any atom is -0.467 e. The van der Waals surface area contributed by atoms with Gasteiger partial charge in [-0.2, -0.15) is 0 Å². The number of rotatable bonds is 6. The average Bonchev–Trinajstić information content (AvgIpc) is 3.55. The Hall–Kier alpha value is -3.63. The van der Waals surface area contributed by atoms with Gasteiger partial charge in [-0.15, -0.1) is 0 Å². The normalized spacial score (nSPS) is 15.2. The fourth-order valence-corrected chi connectivity index (χ4v) is 4.72. The van der Waals surface area contributed by atoms with Crippen LogP contribution in [0.4, 0.5) is 5.82 Å². The first-order valence-corrected chi connectivity index (χ1v) is 11.3. The van der Waals surface area contributed by atoms with E-state index in [9.17, 15) is 9.59 Å². The monoisotopic (exact) mass is 478 g/mol. The molecule has 4 aromatic rings. The first-order chi connectivity index (χ1) is 16.0. The lowest BCUT2D eigenvalue weighted by atomic mass is 10.2. The SMILES string of the molecule is Cc1cccn2c(=O)c(/C=C3/SC(=S)N(Cc4ccco4)C3=O)c(NCc3ccco3)nc12. The van der Waals surface area contributed by atoms with E-state index in [2.05, 4.69) is 10.3 Å². The Kier molecular flexibility index (Phi) is 5.61. The van der Waals surface area contributed by atoms with E-state index >= 15 is 0 Å². The predicted octanol–water partition coefficient (Wildman–Crippen LogP) is 4.20. The summed E-state index contributed by atoms with van der Waals surface area (Å²) < 4.78 is 12.6. The molecular weight excluding hydrogens is 460 g/mol. The number of aryl methyl sites for hydroxylation is 1. The maximum atomic E-state index is 13.4. The summed E-state index contributed by atoms with van der Waals surface area (Å²) in [5, 5.41) is 3.18. The van der Waals surface area contributed by atoms with E-state index in [4.69, 9.17) is 21.1 Å². The first kappa shape index (κ1) is 21.2. The summed E-state index contributed by atoms with van der Waals surface area (Å²) in [5.41, 5.74) is 1.36. The molecule has 4 aromatic heterocycles. The summed E-state index contributed by atoms with van der Waals surface area (Å²) in [6.07, 6.45) is 6.34. The highest BCUT2D eigenvalue weighted by atomic mass is 32.2. The van der Waals surface area contributed by atoms with Crippen LogP contribution in [0.15, 0.2) is 73.7 Å². The molecule has 0 bridgehead atoms. The Morgan fingerprint density at radius 1 is 1.12 bits per heavy atom. The van der Waals surface area contributed by atoms with Gasteiger partial charge in [0.2, 0.25) is 0 Å². The molecule has 0 unspecified atom stereocenters. The number of carbonyl (C=O) groups is 1. The van der Waals surface area contributed by atoms with Crippen LogP contribution in [0.3, 0.4) is 0 Å². The largest absolute Gasteiger partial charge is 0.467 e. The molecule has 1 saturated heterocycles. The van der Waals surface area contributed by atoms with Crippen LogP contribution in [0, 0.1) is 6.92 Å². The maximum Gasteiger partial charge on any atom is 0.267 e. The van der Waals surface area contributed by atoms with Crippen molar-refractivity contribution in [3.8, 4) is 0 Å². The van der Waals surface area contributed by atoms with Crippen molar-refractivity contribution in [2.75, 3.05) is 5.32 Å². The third-order valence-corrected chi connectivity index (χ3v) is 6.52. The number of anilines is 1. The molecule has 0 aliphatic carbocycles. The molecule has 0 saturated carbocycles. The van der Waals surface area contributed by atoms with Crippen LogP contribution in [0.2, 0.25) is 0 Å². The highest BCUT2D eigenvalue weighted by Gasteiger charge is 2.33. The fraction of sp³-hybridized carbons (Fsp3) is 0.130. The number of amides is 1. The molecule has 33 heavy (non-hydrogen) atoms. The summed E-state index contributed by atoms with van der Waals surface area (Å²) in [7, 11) is 0. The zero-order valence-corrected chi connectivity index (χ0v) is 19.1. The number of hydrogen-bond donors (Lipinski definition) is 1. The van der Waals surface area contributed by atoms with Crippen molar-refractivity contribution in [2.24, 2.45) is 0 Å². The van der Waals surface area contributed by atoms with E-state index in [1.807, 2.05) is 19.1 Å². The van der Waals surface area contributed by atoms with Crippen molar-refractivity contribution in [3.05, 3.63) is 93.0 Å². The number of hydrogen-bond acceptors (Lipinski definition) is 8. The van der Waals surface area contributed by atoms with Crippen molar-refractivity contribution < 1.29 is 13.6 Å². The summed E-state index contributed by atoms with van der Waals surface area (Å²) in [5.74, 6) is 1.39. The van der Waals surface area contributed by atoms with E-state index < -0.39 is 0 Å². The molecule has 1 fully saturated rings. The Bertz CT molecular complexity index is 1440. The molecule has 166 valence electrons. The van der Waals surface area contributed by atoms with E-state index in [0.717, 1.165) is 17.3 Å². The number of thioether (sulfide) groups is 1. The number of carbonyl (C=O) groups excluding carboxylic acids is 1. The summed E-state index contributed by atoms with van der Waals surface area (Å²) in [4.78, 5) is 33.0. The van der Waals surface area contributed by atoms with E-state index in [-0.39, 0.29) is 23.6 Å². The van der Waals surface area contributed by atoms with Crippen molar-refractivity contribution >= 4 is 51.7 Å². The molecule has 0 spiro atoms. The van der Waals surface area contributed by atoms with Gasteiger partial charge in [0.05, 0.1) is 36.1 Å². The van der Waals surface area contributed by atoms with Crippen LogP contribution in [0.1, 0.15) is 22.6 Å². The van der Waals surface area contributed by atoms with Gasteiger partial charge in [-0.05, 0) is 48.9 Å². The van der Waals surface area contributed by atoms with Crippen LogP contribution in [0.5, 0.6) is 0 Å². The second kappa shape index (κ2) is 8.72. The lowest BCUT2D eigenvalue weighted by Crippen LogP contribution is -2.27. The Balaban J connectivity index is 1.56. The lowest BCUT2D eigenvalue weighted by Gasteiger charge is -2.12. The quantitative estimate of drug-likeness (QED) is 0.326. The molecular formula is C23H18N4O4S2. The third-order valence-electron chi connectivity index (χ3n) is 5.14. The Morgan fingerprint density at radius 2 is 1.88 bits per heavy atom. The van der Waals surface area contributed by atoms with Crippen LogP contribution in [-0.2, 0) is 17.9 Å². The van der Waals surface area contributed by atoms with Gasteiger partial charge in [0, 0.05) is 6.20 Å². The first-order valence-electron chi connectivity index (χ1n) is 10.1. The summed E-state index contributed by atoms with van der Waals surface area (Å²) in [6.45, 7) is 2.45.